The first-order chi connectivity index (χ1) is 16.1. The summed E-state index contributed by atoms with van der Waals surface area (Å²) in [5.41, 5.74) is 3.35. The van der Waals surface area contributed by atoms with Crippen LogP contribution in [0.25, 0.3) is 21.8 Å². The normalized spacial score (nSPS) is 10.9. The number of non-ortho nitro benzene ring substituents is 1. The summed E-state index contributed by atoms with van der Waals surface area (Å²) in [6, 6.07) is 21.8. The summed E-state index contributed by atoms with van der Waals surface area (Å²) >= 11 is 0. The molecule has 0 fully saturated rings. The number of nitrogens with one attached hydrogen (secondary N) is 1. The van der Waals surface area contributed by atoms with Gasteiger partial charge in [-0.1, -0.05) is 42.8 Å². The first-order valence-corrected chi connectivity index (χ1v) is 11.1. The maximum absolute atomic E-state index is 12.0. The fourth-order valence-corrected chi connectivity index (χ4v) is 3.79. The van der Waals surface area contributed by atoms with Gasteiger partial charge in [0.15, 0.2) is 0 Å². The number of benzene rings is 3. The number of hydrogen-bond donors (Lipinski definition) is 1. The van der Waals surface area contributed by atoms with E-state index < -0.39 is 10.9 Å². The summed E-state index contributed by atoms with van der Waals surface area (Å²) in [6.07, 6.45) is 3.75. The highest BCUT2D eigenvalue weighted by Gasteiger charge is 2.11. The van der Waals surface area contributed by atoms with Crippen molar-refractivity contribution in [3.63, 3.8) is 0 Å². The summed E-state index contributed by atoms with van der Waals surface area (Å²) in [5, 5.41) is 16.5. The fraction of sp³-hybridized carbons (Fsp3) is 0.231. The Bertz CT molecular complexity index is 1220. The van der Waals surface area contributed by atoms with Crippen molar-refractivity contribution in [2.75, 3.05) is 18.5 Å². The number of fused-ring (bicyclic) bond motifs is 2. The average Bonchev–Trinajstić information content (AvgIpc) is 2.84. The number of pyridine rings is 1. The average molecular weight is 444 g/mol. The zero-order valence-electron chi connectivity index (χ0n) is 18.2. The molecule has 0 atom stereocenters. The van der Waals surface area contributed by atoms with Crippen molar-refractivity contribution in [2.45, 2.75) is 25.7 Å². The van der Waals surface area contributed by atoms with Crippen molar-refractivity contribution < 1.29 is 14.5 Å². The molecule has 0 spiro atoms. The first-order valence-electron chi connectivity index (χ1n) is 11.1. The number of unbranched alkanes of at least 4 members (excludes halogenated alkanes) is 3. The maximum Gasteiger partial charge on any atom is 0.338 e. The number of esters is 1. The number of rotatable bonds is 10. The van der Waals surface area contributed by atoms with Crippen LogP contribution >= 0.6 is 0 Å². The second-order valence-electron chi connectivity index (χ2n) is 7.80. The molecule has 0 aliphatic heterocycles. The molecule has 7 heteroatoms. The van der Waals surface area contributed by atoms with E-state index in [9.17, 15) is 14.9 Å². The lowest BCUT2D eigenvalue weighted by molar-refractivity contribution is -0.384. The number of hydrogen-bond acceptors (Lipinski definition) is 6. The lowest BCUT2D eigenvalue weighted by atomic mass is 10.1. The number of aromatic nitrogens is 1. The minimum atomic E-state index is -0.496. The zero-order valence-corrected chi connectivity index (χ0v) is 18.2. The van der Waals surface area contributed by atoms with Gasteiger partial charge in [0.1, 0.15) is 0 Å². The molecule has 33 heavy (non-hydrogen) atoms. The summed E-state index contributed by atoms with van der Waals surface area (Å²) in [4.78, 5) is 27.0. The lowest BCUT2D eigenvalue weighted by Crippen LogP contribution is -2.07. The Hall–Kier alpha value is -4.00. The van der Waals surface area contributed by atoms with Crippen LogP contribution in [0.5, 0.6) is 0 Å². The molecule has 7 nitrogen and oxygen atoms in total. The van der Waals surface area contributed by atoms with Gasteiger partial charge in [-0.2, -0.15) is 0 Å². The number of ether oxygens (including phenoxy) is 1. The molecule has 0 bridgehead atoms. The molecular formula is C26H25N3O4. The molecule has 3 aromatic carbocycles. The van der Waals surface area contributed by atoms with Crippen LogP contribution in [0.2, 0.25) is 0 Å². The third-order valence-corrected chi connectivity index (χ3v) is 5.51. The molecule has 4 rings (SSSR count). The molecule has 0 saturated carbocycles. The van der Waals surface area contributed by atoms with Gasteiger partial charge in [-0.05, 0) is 43.5 Å². The SMILES string of the molecule is O=C(OCCCCCCNc1c2ccccc2nc2ccccc12)c1ccc([N+](=O)[O-])cc1. The summed E-state index contributed by atoms with van der Waals surface area (Å²) in [6.45, 7) is 1.18. The van der Waals surface area contributed by atoms with Gasteiger partial charge in [-0.3, -0.25) is 10.1 Å². The number of para-hydroxylation sites is 2. The van der Waals surface area contributed by atoms with E-state index in [-0.39, 0.29) is 5.69 Å². The van der Waals surface area contributed by atoms with E-state index in [1.807, 2.05) is 36.4 Å². The third-order valence-electron chi connectivity index (χ3n) is 5.51. The zero-order chi connectivity index (χ0) is 23.0. The highest BCUT2D eigenvalue weighted by Crippen LogP contribution is 2.30. The summed E-state index contributed by atoms with van der Waals surface area (Å²) < 4.78 is 5.27. The molecule has 4 aromatic rings. The highest BCUT2D eigenvalue weighted by molar-refractivity contribution is 6.07. The lowest BCUT2D eigenvalue weighted by Gasteiger charge is -2.13. The van der Waals surface area contributed by atoms with Crippen molar-refractivity contribution in [3.05, 3.63) is 88.5 Å². The van der Waals surface area contributed by atoms with Crippen molar-refractivity contribution >= 4 is 39.1 Å². The van der Waals surface area contributed by atoms with Gasteiger partial charge in [0, 0.05) is 29.4 Å². The van der Waals surface area contributed by atoms with Gasteiger partial charge >= 0.3 is 5.97 Å². The van der Waals surface area contributed by atoms with Crippen molar-refractivity contribution in [1.29, 1.82) is 0 Å². The topological polar surface area (TPSA) is 94.4 Å². The predicted molar refractivity (Wildman–Crippen MR) is 130 cm³/mol. The van der Waals surface area contributed by atoms with E-state index in [0.717, 1.165) is 59.7 Å². The molecule has 0 amide bonds. The van der Waals surface area contributed by atoms with Crippen molar-refractivity contribution in [1.82, 2.24) is 4.98 Å². The minimum Gasteiger partial charge on any atom is -0.462 e. The van der Waals surface area contributed by atoms with E-state index >= 15 is 0 Å². The Kier molecular flexibility index (Phi) is 7.09. The largest absolute Gasteiger partial charge is 0.462 e. The summed E-state index contributed by atoms with van der Waals surface area (Å²) in [7, 11) is 0. The Balaban J connectivity index is 1.21. The number of anilines is 1. The fourth-order valence-electron chi connectivity index (χ4n) is 3.79. The van der Waals surface area contributed by atoms with Gasteiger partial charge in [-0.25, -0.2) is 9.78 Å². The second kappa shape index (κ2) is 10.5. The van der Waals surface area contributed by atoms with Gasteiger partial charge < -0.3 is 10.1 Å². The van der Waals surface area contributed by atoms with Crippen LogP contribution < -0.4 is 5.32 Å². The van der Waals surface area contributed by atoms with Crippen LogP contribution in [-0.2, 0) is 4.74 Å². The van der Waals surface area contributed by atoms with E-state index in [4.69, 9.17) is 9.72 Å². The number of carbonyl (C=O) groups excluding carboxylic acids is 1. The standard InChI is InChI=1S/C26H25N3O4/c30-26(19-13-15-20(16-14-19)29(31)32)33-18-8-2-1-7-17-27-25-21-9-3-5-11-23(21)28-24-12-6-4-10-22(24)25/h3-6,9-16H,1-2,7-8,17-18H2,(H,27,28). The predicted octanol–water partition coefficient (Wildman–Crippen LogP) is 6.13. The van der Waals surface area contributed by atoms with Crippen molar-refractivity contribution in [3.8, 4) is 0 Å². The Labute approximate surface area is 191 Å². The monoisotopic (exact) mass is 443 g/mol. The molecule has 0 radical (unpaired) electrons. The van der Waals surface area contributed by atoms with E-state index in [1.165, 1.54) is 24.3 Å². The molecular weight excluding hydrogens is 418 g/mol. The number of nitrogens with zero attached hydrogens (tertiary/aromatic N) is 2. The summed E-state index contributed by atoms with van der Waals surface area (Å²) in [5.74, 6) is -0.456. The third kappa shape index (κ3) is 5.44. The number of carbonyl (C=O) groups is 1. The Morgan fingerprint density at radius 2 is 1.45 bits per heavy atom. The maximum atomic E-state index is 12.0. The van der Waals surface area contributed by atoms with Gasteiger partial charge in [0.05, 0.1) is 33.8 Å². The van der Waals surface area contributed by atoms with Crippen LogP contribution in [0, 0.1) is 10.1 Å². The molecule has 1 aromatic heterocycles. The van der Waals surface area contributed by atoms with E-state index in [0.29, 0.717) is 12.2 Å². The van der Waals surface area contributed by atoms with Crippen LogP contribution in [-0.4, -0.2) is 29.0 Å². The highest BCUT2D eigenvalue weighted by atomic mass is 16.6. The van der Waals surface area contributed by atoms with Crippen LogP contribution in [0.4, 0.5) is 11.4 Å². The van der Waals surface area contributed by atoms with Crippen LogP contribution in [0.15, 0.2) is 72.8 Å². The molecule has 0 unspecified atom stereocenters. The van der Waals surface area contributed by atoms with E-state index in [1.54, 1.807) is 0 Å². The van der Waals surface area contributed by atoms with Gasteiger partial charge in [0.2, 0.25) is 0 Å². The Morgan fingerprint density at radius 3 is 2.09 bits per heavy atom. The van der Waals surface area contributed by atoms with Gasteiger partial charge in [0.25, 0.3) is 5.69 Å². The minimum absolute atomic E-state index is 0.0482. The molecule has 0 aliphatic carbocycles. The van der Waals surface area contributed by atoms with Gasteiger partial charge in [-0.15, -0.1) is 0 Å². The molecule has 0 aliphatic rings. The number of nitro benzene ring substituents is 1. The smallest absolute Gasteiger partial charge is 0.338 e. The van der Waals surface area contributed by atoms with Crippen LogP contribution in [0.1, 0.15) is 36.0 Å². The molecule has 1 N–H and O–H groups in total. The molecule has 168 valence electrons. The second-order valence-corrected chi connectivity index (χ2v) is 7.80. The van der Waals surface area contributed by atoms with Crippen molar-refractivity contribution in [2.24, 2.45) is 0 Å². The molecule has 0 saturated heterocycles. The number of nitro groups is 1. The van der Waals surface area contributed by atoms with Crippen LogP contribution in [0.3, 0.4) is 0 Å². The quantitative estimate of drug-likeness (QED) is 0.104. The molecule has 1 heterocycles. The van der Waals surface area contributed by atoms with E-state index in [2.05, 4.69) is 17.4 Å². The first kappa shape index (κ1) is 22.2. The Morgan fingerprint density at radius 1 is 0.848 bits per heavy atom.